The molecule has 1 amide bonds. The Morgan fingerprint density at radius 1 is 1.19 bits per heavy atom. The molecule has 0 bridgehead atoms. The molecule has 0 aromatic carbocycles. The van der Waals surface area contributed by atoms with Crippen LogP contribution in [0.2, 0.25) is 0 Å². The average Bonchev–Trinajstić information content (AvgIpc) is 3.29. The maximum atomic E-state index is 12.7. The first-order valence-corrected chi connectivity index (χ1v) is 9.32. The van der Waals surface area contributed by atoms with E-state index in [0.29, 0.717) is 23.5 Å². The number of nitrogens with zero attached hydrogens (tertiary/aromatic N) is 5. The lowest BCUT2D eigenvalue weighted by Gasteiger charge is -2.19. The number of pyridine rings is 1. The Morgan fingerprint density at radius 2 is 1.96 bits per heavy atom. The topological polar surface area (TPSA) is 75.9 Å². The second kappa shape index (κ2) is 6.98. The zero-order valence-electron chi connectivity index (χ0n) is 15.9. The van der Waals surface area contributed by atoms with Crippen molar-refractivity contribution in [1.29, 1.82) is 0 Å². The average molecular weight is 364 g/mol. The zero-order chi connectivity index (χ0) is 19.0. The van der Waals surface area contributed by atoms with E-state index in [4.69, 9.17) is 4.98 Å². The fourth-order valence-corrected chi connectivity index (χ4v) is 3.65. The number of carbonyl (C=O) groups excluding carboxylic acids is 1. The molecule has 3 aromatic heterocycles. The van der Waals surface area contributed by atoms with Gasteiger partial charge in [0.05, 0.1) is 0 Å². The van der Waals surface area contributed by atoms with Gasteiger partial charge in [-0.2, -0.15) is 4.98 Å². The Hall–Kier alpha value is -2.96. The van der Waals surface area contributed by atoms with Gasteiger partial charge in [0.25, 0.3) is 5.91 Å². The summed E-state index contributed by atoms with van der Waals surface area (Å²) in [6.45, 7) is 2.00. The van der Waals surface area contributed by atoms with Gasteiger partial charge in [0.1, 0.15) is 17.2 Å². The largest absolute Gasteiger partial charge is 0.343 e. The molecule has 0 spiro atoms. The van der Waals surface area contributed by atoms with E-state index in [0.717, 1.165) is 29.4 Å². The fraction of sp³-hybridized carbons (Fsp3) is 0.400. The van der Waals surface area contributed by atoms with Gasteiger partial charge >= 0.3 is 0 Å². The van der Waals surface area contributed by atoms with Gasteiger partial charge in [-0.15, -0.1) is 0 Å². The van der Waals surface area contributed by atoms with Crippen LogP contribution >= 0.6 is 0 Å². The maximum Gasteiger partial charge on any atom is 0.270 e. The highest BCUT2D eigenvalue weighted by Gasteiger charge is 2.26. The normalized spacial score (nSPS) is 14.6. The number of aryl methyl sites for hydroxylation is 1. The number of aromatic nitrogens is 4. The van der Waals surface area contributed by atoms with Gasteiger partial charge in [-0.05, 0) is 37.5 Å². The molecular formula is C20H24N6O. The maximum absolute atomic E-state index is 12.7. The molecule has 3 aromatic rings. The lowest BCUT2D eigenvalue weighted by Crippen LogP contribution is -2.25. The van der Waals surface area contributed by atoms with Gasteiger partial charge in [-0.25, -0.2) is 9.97 Å². The van der Waals surface area contributed by atoms with E-state index in [-0.39, 0.29) is 5.91 Å². The lowest BCUT2D eigenvalue weighted by molar-refractivity contribution is 0.0815. The van der Waals surface area contributed by atoms with Gasteiger partial charge in [-0.3, -0.25) is 4.79 Å². The van der Waals surface area contributed by atoms with Crippen molar-refractivity contribution in [3.63, 3.8) is 0 Å². The second-order valence-electron chi connectivity index (χ2n) is 7.36. The molecule has 1 aliphatic rings. The van der Waals surface area contributed by atoms with Crippen LogP contribution in [0.4, 0.5) is 11.8 Å². The highest BCUT2D eigenvalue weighted by atomic mass is 16.2. The minimum absolute atomic E-state index is 0.00499. The predicted octanol–water partition coefficient (Wildman–Crippen LogP) is 3.70. The van der Waals surface area contributed by atoms with Crippen LogP contribution in [0.1, 0.15) is 47.8 Å². The van der Waals surface area contributed by atoms with Crippen LogP contribution in [0.5, 0.6) is 0 Å². The summed E-state index contributed by atoms with van der Waals surface area (Å²) in [6.07, 6.45) is 8.09. The summed E-state index contributed by atoms with van der Waals surface area (Å²) >= 11 is 0. The molecule has 1 aliphatic carbocycles. The smallest absolute Gasteiger partial charge is 0.270 e. The van der Waals surface area contributed by atoms with Crippen LogP contribution < -0.4 is 5.32 Å². The molecule has 27 heavy (non-hydrogen) atoms. The summed E-state index contributed by atoms with van der Waals surface area (Å²) in [5, 5.41) is 4.04. The number of hydrogen-bond acceptors (Lipinski definition) is 5. The lowest BCUT2D eigenvalue weighted by atomic mass is 10.2. The summed E-state index contributed by atoms with van der Waals surface area (Å²) in [5.74, 6) is 1.18. The number of fused-ring (bicyclic) bond motifs is 1. The zero-order valence-corrected chi connectivity index (χ0v) is 15.9. The number of nitrogens with one attached hydrogen (secondary N) is 1. The molecule has 140 valence electrons. The fourth-order valence-electron chi connectivity index (χ4n) is 3.65. The molecule has 0 saturated heterocycles. The summed E-state index contributed by atoms with van der Waals surface area (Å²) in [7, 11) is 3.56. The molecule has 4 rings (SSSR count). The number of carbonyl (C=O) groups is 1. The van der Waals surface area contributed by atoms with Gasteiger partial charge in [-0.1, -0.05) is 18.9 Å². The SMILES string of the molecule is Cc1ccc(Nc2ncc3cc(C(=O)N(C)C)n(C4CCCC4)c3n2)nc1. The Bertz CT molecular complexity index is 970. The molecule has 0 aliphatic heterocycles. The summed E-state index contributed by atoms with van der Waals surface area (Å²) in [4.78, 5) is 27.8. The predicted molar refractivity (Wildman–Crippen MR) is 105 cm³/mol. The van der Waals surface area contributed by atoms with Crippen molar-refractivity contribution in [3.8, 4) is 0 Å². The first-order chi connectivity index (χ1) is 13.0. The Balaban J connectivity index is 1.77. The molecule has 3 heterocycles. The van der Waals surface area contributed by atoms with E-state index in [1.54, 1.807) is 31.4 Å². The van der Waals surface area contributed by atoms with Crippen molar-refractivity contribution in [1.82, 2.24) is 24.4 Å². The Morgan fingerprint density at radius 3 is 2.63 bits per heavy atom. The number of anilines is 2. The van der Waals surface area contributed by atoms with Crippen LogP contribution in [-0.4, -0.2) is 44.4 Å². The summed E-state index contributed by atoms with van der Waals surface area (Å²) in [6, 6.07) is 6.11. The van der Waals surface area contributed by atoms with Crippen LogP contribution in [0.3, 0.4) is 0 Å². The Kier molecular flexibility index (Phi) is 4.51. The van der Waals surface area contributed by atoms with Crippen LogP contribution in [0.15, 0.2) is 30.6 Å². The first kappa shape index (κ1) is 17.5. The van der Waals surface area contributed by atoms with E-state index >= 15 is 0 Å². The minimum atomic E-state index is -0.00499. The van der Waals surface area contributed by atoms with Crippen LogP contribution in [0, 0.1) is 6.92 Å². The van der Waals surface area contributed by atoms with E-state index in [1.165, 1.54) is 12.8 Å². The van der Waals surface area contributed by atoms with Crippen molar-refractivity contribution < 1.29 is 4.79 Å². The molecule has 0 radical (unpaired) electrons. The third-order valence-electron chi connectivity index (χ3n) is 5.04. The van der Waals surface area contributed by atoms with Gasteiger partial charge in [0.15, 0.2) is 0 Å². The standard InChI is InChI=1S/C20H24N6O/c1-13-8-9-17(21-11-13)23-20-22-12-14-10-16(19(27)25(2)3)26(18(14)24-20)15-6-4-5-7-15/h8-12,15H,4-7H2,1-3H3,(H,21,22,23,24). The molecule has 1 fully saturated rings. The van der Waals surface area contributed by atoms with Crippen molar-refractivity contribution in [2.45, 2.75) is 38.6 Å². The van der Waals surface area contributed by atoms with E-state index in [1.807, 2.05) is 25.1 Å². The summed E-state index contributed by atoms with van der Waals surface area (Å²) < 4.78 is 2.11. The molecular weight excluding hydrogens is 340 g/mol. The number of hydrogen-bond donors (Lipinski definition) is 1. The van der Waals surface area contributed by atoms with E-state index in [9.17, 15) is 4.79 Å². The third-order valence-corrected chi connectivity index (χ3v) is 5.04. The molecule has 7 heteroatoms. The number of rotatable bonds is 4. The first-order valence-electron chi connectivity index (χ1n) is 9.32. The molecule has 0 unspecified atom stereocenters. The van der Waals surface area contributed by atoms with Crippen LogP contribution in [0.25, 0.3) is 11.0 Å². The van der Waals surface area contributed by atoms with Crippen molar-refractivity contribution in [3.05, 3.63) is 41.9 Å². The highest BCUT2D eigenvalue weighted by molar-refractivity contribution is 5.97. The Labute approximate surface area is 158 Å². The monoisotopic (exact) mass is 364 g/mol. The highest BCUT2D eigenvalue weighted by Crippen LogP contribution is 2.34. The van der Waals surface area contributed by atoms with Crippen molar-refractivity contribution in [2.75, 3.05) is 19.4 Å². The molecule has 0 atom stereocenters. The number of amides is 1. The van der Waals surface area contributed by atoms with E-state index < -0.39 is 0 Å². The minimum Gasteiger partial charge on any atom is -0.343 e. The van der Waals surface area contributed by atoms with Crippen molar-refractivity contribution in [2.24, 2.45) is 0 Å². The van der Waals surface area contributed by atoms with Gasteiger partial charge in [0.2, 0.25) is 5.95 Å². The van der Waals surface area contributed by atoms with Gasteiger partial charge < -0.3 is 14.8 Å². The second-order valence-corrected chi connectivity index (χ2v) is 7.36. The quantitative estimate of drug-likeness (QED) is 0.764. The van der Waals surface area contributed by atoms with Crippen molar-refractivity contribution >= 4 is 28.7 Å². The molecule has 1 N–H and O–H groups in total. The van der Waals surface area contributed by atoms with Crippen LogP contribution in [-0.2, 0) is 0 Å². The molecule has 1 saturated carbocycles. The third kappa shape index (κ3) is 3.37. The van der Waals surface area contributed by atoms with E-state index in [2.05, 4.69) is 19.9 Å². The van der Waals surface area contributed by atoms with Gasteiger partial charge in [0, 0.05) is 37.9 Å². The molecule has 7 nitrogen and oxygen atoms in total. The summed E-state index contributed by atoms with van der Waals surface area (Å²) in [5.41, 5.74) is 2.58.